The van der Waals surface area contributed by atoms with Crippen molar-refractivity contribution >= 4 is 39.5 Å². The Morgan fingerprint density at radius 2 is 0.535 bits per heavy atom. The van der Waals surface area contributed by atoms with Gasteiger partial charge in [0.25, 0.3) is 0 Å². The first-order chi connectivity index (χ1) is 41.5. The molecule has 0 aliphatic carbocycles. The highest BCUT2D eigenvalue weighted by atomic mass is 31.2. The third-order valence-electron chi connectivity index (χ3n) is 15.5. The Kier molecular flexibility index (Phi) is 59.2. The fraction of sp³-hybridized carbons (Fsp3) is 0.940. The Hall–Kier alpha value is -1.94. The van der Waals surface area contributed by atoms with Crippen molar-refractivity contribution < 1.29 is 80.2 Å². The quantitative estimate of drug-likeness (QED) is 0.0222. The number of unbranched alkanes of at least 4 members (excludes halogenated alkanes) is 39. The number of ether oxygens (including phenoxy) is 4. The smallest absolute Gasteiger partial charge is 0.462 e. The molecule has 0 fully saturated rings. The zero-order valence-electron chi connectivity index (χ0n) is 55.4. The first kappa shape index (κ1) is 84.1. The molecule has 0 saturated carbocycles. The highest BCUT2D eigenvalue weighted by Gasteiger charge is 2.30. The normalized spacial score (nSPS) is 14.2. The van der Waals surface area contributed by atoms with Gasteiger partial charge in [0.2, 0.25) is 0 Å². The summed E-state index contributed by atoms with van der Waals surface area (Å²) in [5, 5.41) is 10.6. The SMILES string of the molecule is CCCCCCCCCCCCCCCCC(=O)O[C@H](COC(=O)CCCCCCCCCCCCCCC)COP(=O)(O)OC[C@@H](O)COP(=O)(O)OC[C@@H](COC(=O)CCCCCCCCCC)OC(=O)CCCCCCCCCCC(C)C. The second-order valence-corrected chi connectivity index (χ2v) is 27.6. The molecule has 0 spiro atoms. The molecular weight excluding hydrogens is 1140 g/mol. The molecule has 2 unspecified atom stereocenters. The van der Waals surface area contributed by atoms with Crippen LogP contribution in [-0.2, 0) is 65.4 Å². The number of rotatable bonds is 67. The number of carbonyl (C=O) groups excluding carboxylic acids is 4. The Morgan fingerprint density at radius 1 is 0.314 bits per heavy atom. The van der Waals surface area contributed by atoms with E-state index in [0.717, 1.165) is 102 Å². The molecule has 17 nitrogen and oxygen atoms in total. The summed E-state index contributed by atoms with van der Waals surface area (Å²) in [5.41, 5.74) is 0. The molecule has 0 radical (unpaired) electrons. The molecule has 0 amide bonds. The molecule has 0 heterocycles. The number of phosphoric acid groups is 2. The molecule has 0 aromatic heterocycles. The lowest BCUT2D eigenvalue weighted by molar-refractivity contribution is -0.161. The summed E-state index contributed by atoms with van der Waals surface area (Å²) >= 11 is 0. The van der Waals surface area contributed by atoms with Crippen LogP contribution in [0.3, 0.4) is 0 Å². The maximum absolute atomic E-state index is 13.0. The van der Waals surface area contributed by atoms with Crippen LogP contribution in [0.2, 0.25) is 0 Å². The summed E-state index contributed by atoms with van der Waals surface area (Å²) in [6.07, 6.45) is 45.8. The van der Waals surface area contributed by atoms with Gasteiger partial charge in [-0.1, -0.05) is 291 Å². The van der Waals surface area contributed by atoms with Gasteiger partial charge in [0.1, 0.15) is 19.3 Å². The standard InChI is InChI=1S/C67H130O17P2/c1-6-9-12-15-18-21-23-25-27-29-31-37-42-47-52-66(71)83-63(57-78-65(70)51-46-41-36-30-28-26-24-22-19-16-13-10-7-2)59-82-86(75,76)80-55-61(68)54-79-85(73,74)81-58-62(56-77-64(69)50-45-40-35-20-17-14-11-8-3)84-67(72)53-48-43-38-33-32-34-39-44-49-60(4)5/h60-63,68H,6-59H2,1-5H3,(H,73,74)(H,75,76)/t61-,62+,63+/m0/s1. The Balaban J connectivity index is 5.23. The second kappa shape index (κ2) is 60.6. The summed E-state index contributed by atoms with van der Waals surface area (Å²) in [6, 6.07) is 0. The average Bonchev–Trinajstić information content (AvgIpc) is 3.64. The lowest BCUT2D eigenvalue weighted by atomic mass is 10.0. The van der Waals surface area contributed by atoms with Gasteiger partial charge in [0.15, 0.2) is 12.2 Å². The maximum Gasteiger partial charge on any atom is 0.472 e. The minimum atomic E-state index is -4.95. The van der Waals surface area contributed by atoms with Crippen LogP contribution >= 0.6 is 15.6 Å². The van der Waals surface area contributed by atoms with Crippen molar-refractivity contribution in [2.24, 2.45) is 5.92 Å². The van der Waals surface area contributed by atoms with Gasteiger partial charge >= 0.3 is 39.5 Å². The monoisotopic (exact) mass is 1270 g/mol. The van der Waals surface area contributed by atoms with E-state index in [0.29, 0.717) is 25.7 Å². The molecule has 0 aliphatic rings. The van der Waals surface area contributed by atoms with Crippen LogP contribution in [0.1, 0.15) is 343 Å². The van der Waals surface area contributed by atoms with Crippen LogP contribution in [0.4, 0.5) is 0 Å². The number of aliphatic hydroxyl groups excluding tert-OH is 1. The first-order valence-corrected chi connectivity index (χ1v) is 38.1. The molecule has 0 aromatic rings. The van der Waals surface area contributed by atoms with E-state index in [1.807, 2.05) is 0 Å². The lowest BCUT2D eigenvalue weighted by Crippen LogP contribution is -2.30. The zero-order valence-corrected chi connectivity index (χ0v) is 57.2. The molecule has 0 saturated heterocycles. The van der Waals surface area contributed by atoms with Crippen LogP contribution in [0.25, 0.3) is 0 Å². The molecule has 0 aliphatic heterocycles. The van der Waals surface area contributed by atoms with E-state index >= 15 is 0 Å². The molecule has 0 rings (SSSR count). The van der Waals surface area contributed by atoms with E-state index < -0.39 is 97.5 Å². The summed E-state index contributed by atoms with van der Waals surface area (Å²) in [6.45, 7) is 7.16. The van der Waals surface area contributed by atoms with Crippen LogP contribution < -0.4 is 0 Å². The summed E-state index contributed by atoms with van der Waals surface area (Å²) in [7, 11) is -9.89. The van der Waals surface area contributed by atoms with E-state index in [1.54, 1.807) is 0 Å². The van der Waals surface area contributed by atoms with Crippen LogP contribution in [-0.4, -0.2) is 96.7 Å². The van der Waals surface area contributed by atoms with Gasteiger partial charge in [-0.05, 0) is 31.6 Å². The molecule has 86 heavy (non-hydrogen) atoms. The van der Waals surface area contributed by atoms with Crippen molar-refractivity contribution in [1.82, 2.24) is 0 Å². The number of hydrogen-bond donors (Lipinski definition) is 3. The summed E-state index contributed by atoms with van der Waals surface area (Å²) < 4.78 is 68.1. The zero-order chi connectivity index (χ0) is 63.5. The molecule has 0 aromatic carbocycles. The van der Waals surface area contributed by atoms with Crippen molar-refractivity contribution in [2.75, 3.05) is 39.6 Å². The second-order valence-electron chi connectivity index (χ2n) is 24.7. The Labute approximate surface area is 524 Å². The fourth-order valence-electron chi connectivity index (χ4n) is 10.1. The van der Waals surface area contributed by atoms with E-state index in [1.165, 1.54) is 161 Å². The van der Waals surface area contributed by atoms with Crippen molar-refractivity contribution in [3.05, 3.63) is 0 Å². The van der Waals surface area contributed by atoms with E-state index in [4.69, 9.17) is 37.0 Å². The van der Waals surface area contributed by atoms with Gasteiger partial charge in [-0.3, -0.25) is 37.3 Å². The maximum atomic E-state index is 13.0. The Morgan fingerprint density at radius 3 is 0.791 bits per heavy atom. The van der Waals surface area contributed by atoms with Crippen molar-refractivity contribution in [3.63, 3.8) is 0 Å². The van der Waals surface area contributed by atoms with Crippen LogP contribution in [0.5, 0.6) is 0 Å². The largest absolute Gasteiger partial charge is 0.472 e. The first-order valence-electron chi connectivity index (χ1n) is 35.1. The third kappa shape index (κ3) is 60.9. The Bertz CT molecular complexity index is 1670. The number of hydrogen-bond acceptors (Lipinski definition) is 15. The van der Waals surface area contributed by atoms with E-state index in [-0.39, 0.29) is 25.7 Å². The highest BCUT2D eigenvalue weighted by Crippen LogP contribution is 2.45. The van der Waals surface area contributed by atoms with Gasteiger partial charge < -0.3 is 33.8 Å². The van der Waals surface area contributed by atoms with Gasteiger partial charge in [0.05, 0.1) is 26.4 Å². The number of phosphoric ester groups is 2. The minimum Gasteiger partial charge on any atom is -0.462 e. The van der Waals surface area contributed by atoms with Crippen molar-refractivity contribution in [1.29, 1.82) is 0 Å². The number of esters is 4. The predicted octanol–water partition coefficient (Wildman–Crippen LogP) is 19.0. The molecule has 5 atom stereocenters. The van der Waals surface area contributed by atoms with Gasteiger partial charge in [-0.15, -0.1) is 0 Å². The summed E-state index contributed by atoms with van der Waals surface area (Å²) in [5.74, 6) is -1.41. The predicted molar refractivity (Wildman–Crippen MR) is 345 cm³/mol. The molecule has 3 N–H and O–H groups in total. The van der Waals surface area contributed by atoms with Crippen LogP contribution in [0, 0.1) is 5.92 Å². The average molecular weight is 1270 g/mol. The van der Waals surface area contributed by atoms with Gasteiger partial charge in [0, 0.05) is 25.7 Å². The molecule has 510 valence electrons. The summed E-state index contributed by atoms with van der Waals surface area (Å²) in [4.78, 5) is 72.3. The van der Waals surface area contributed by atoms with E-state index in [2.05, 4.69) is 34.6 Å². The molecular formula is C67H130O17P2. The van der Waals surface area contributed by atoms with E-state index in [9.17, 15) is 43.2 Å². The van der Waals surface area contributed by atoms with Crippen LogP contribution in [0.15, 0.2) is 0 Å². The number of carbonyl (C=O) groups is 4. The number of aliphatic hydroxyl groups is 1. The fourth-order valence-corrected chi connectivity index (χ4v) is 11.7. The van der Waals surface area contributed by atoms with Gasteiger partial charge in [-0.25, -0.2) is 9.13 Å². The van der Waals surface area contributed by atoms with Gasteiger partial charge in [-0.2, -0.15) is 0 Å². The third-order valence-corrected chi connectivity index (χ3v) is 17.4. The molecule has 0 bridgehead atoms. The van der Waals surface area contributed by atoms with Crippen molar-refractivity contribution in [2.45, 2.75) is 361 Å². The minimum absolute atomic E-state index is 0.105. The lowest BCUT2D eigenvalue weighted by Gasteiger charge is -2.21. The van der Waals surface area contributed by atoms with Crippen molar-refractivity contribution in [3.8, 4) is 0 Å². The molecule has 19 heteroatoms. The topological polar surface area (TPSA) is 237 Å². The highest BCUT2D eigenvalue weighted by molar-refractivity contribution is 7.47.